The number of ether oxygens (including phenoxy) is 1. The van der Waals surface area contributed by atoms with E-state index in [1.54, 1.807) is 0 Å². The van der Waals surface area contributed by atoms with Crippen molar-refractivity contribution < 1.29 is 65.8 Å². The van der Waals surface area contributed by atoms with Crippen LogP contribution < -0.4 is 56.7 Å². The van der Waals surface area contributed by atoms with Crippen LogP contribution in [-0.2, 0) is 24.0 Å². The van der Waals surface area contributed by atoms with Crippen LogP contribution in [-0.4, -0.2) is 26.8 Å². The number of nitrogens with zero attached hydrogens (tertiary/aromatic N) is 1. The molecule has 10 heteroatoms. The summed E-state index contributed by atoms with van der Waals surface area (Å²) in [6.45, 7) is 0.455. The topological polar surface area (TPSA) is 81.5 Å². The van der Waals surface area contributed by atoms with Gasteiger partial charge in [0.1, 0.15) is 6.61 Å². The van der Waals surface area contributed by atoms with E-state index >= 15 is 0 Å². The summed E-state index contributed by atoms with van der Waals surface area (Å²) < 4.78 is 5.36. The van der Waals surface area contributed by atoms with E-state index in [0.29, 0.717) is 21.4 Å². The Morgan fingerprint density at radius 1 is 1.43 bits per heavy atom. The molecule has 0 spiro atoms. The van der Waals surface area contributed by atoms with E-state index < -0.39 is 11.0 Å². The first-order valence-corrected chi connectivity index (χ1v) is 7.27. The van der Waals surface area contributed by atoms with Gasteiger partial charge in [-0.15, -0.1) is 11.8 Å². The van der Waals surface area contributed by atoms with Gasteiger partial charge < -0.3 is 34.9 Å². The van der Waals surface area contributed by atoms with Gasteiger partial charge in [-0.05, 0) is 17.7 Å². The summed E-state index contributed by atoms with van der Waals surface area (Å²) >= 11 is 10.7. The Balaban J connectivity index is 0.00000400. The molecule has 1 amide bonds. The van der Waals surface area contributed by atoms with E-state index in [2.05, 4.69) is 5.32 Å². The Hall–Kier alpha value is 0.186. The zero-order valence-electron chi connectivity index (χ0n) is 11.2. The number of nitro benzene ring substituents is 1. The van der Waals surface area contributed by atoms with E-state index in [9.17, 15) is 14.9 Å². The van der Waals surface area contributed by atoms with Crippen molar-refractivity contribution in [2.75, 3.05) is 12.3 Å². The van der Waals surface area contributed by atoms with Crippen LogP contribution in [0, 0.1) is 10.1 Å². The third-order valence-electron chi connectivity index (χ3n) is 2.11. The molecule has 0 fully saturated rings. The summed E-state index contributed by atoms with van der Waals surface area (Å²) in [6.07, 6.45) is -0.556. The largest absolute Gasteiger partial charge is 1.00 e. The second kappa shape index (κ2) is 11.7. The number of hydrogen-bond acceptors (Lipinski definition) is 7. The predicted octanol–water partition coefficient (Wildman–Crippen LogP) is -0.610. The summed E-state index contributed by atoms with van der Waals surface area (Å²) in [5, 5.41) is 13.0. The smallest absolute Gasteiger partial charge is 0.445 e. The molecule has 0 aliphatic rings. The maximum Gasteiger partial charge on any atom is 1.00 e. The minimum atomic E-state index is -0.556. The second-order valence-corrected chi connectivity index (χ2v) is 6.22. The molecule has 0 saturated heterocycles. The van der Waals surface area contributed by atoms with E-state index in [1.807, 2.05) is 0 Å². The van der Waals surface area contributed by atoms with E-state index in [-0.39, 0.29) is 63.7 Å². The number of nitrogens with one attached hydrogen (secondary N) is 1. The third-order valence-corrected chi connectivity index (χ3v) is 3.46. The van der Waals surface area contributed by atoms with Crippen molar-refractivity contribution in [1.82, 2.24) is 5.32 Å². The molecule has 0 heterocycles. The molecule has 0 saturated carbocycles. The number of non-ortho nitro benzene ring substituents is 1. The molecule has 21 heavy (non-hydrogen) atoms. The first-order chi connectivity index (χ1) is 9.49. The van der Waals surface area contributed by atoms with Gasteiger partial charge in [-0.25, -0.2) is 4.79 Å². The number of carbonyl (C=O) groups excluding carboxylic acids is 1. The summed E-state index contributed by atoms with van der Waals surface area (Å²) in [7, 11) is 0. The number of amides is 1. The molecule has 0 aromatic heterocycles. The van der Waals surface area contributed by atoms with Gasteiger partial charge in [0, 0.05) is 24.4 Å². The summed E-state index contributed by atoms with van der Waals surface area (Å²) in [4.78, 5) is 21.3. The average Bonchev–Trinajstić information content (AvgIpc) is 2.41. The van der Waals surface area contributed by atoms with Crippen molar-refractivity contribution in [2.45, 2.75) is 6.61 Å². The van der Waals surface area contributed by atoms with E-state index in [0.717, 1.165) is 0 Å². The number of thiocarbonyl (C=S) groups is 1. The molecule has 0 aliphatic heterocycles. The van der Waals surface area contributed by atoms with Crippen LogP contribution in [0.5, 0.6) is 0 Å². The second-order valence-electron chi connectivity index (χ2n) is 3.52. The Morgan fingerprint density at radius 3 is 2.57 bits per heavy atom. The van der Waals surface area contributed by atoms with Gasteiger partial charge >= 0.3 is 57.5 Å². The van der Waals surface area contributed by atoms with Crippen LogP contribution >= 0.6 is 24.0 Å². The maximum absolute atomic E-state index is 11.3. The number of carbonyl (C=O) groups is 1. The molecular weight excluding hydrogens is 359 g/mol. The monoisotopic (exact) mass is 370 g/mol. The summed E-state index contributed by atoms with van der Waals surface area (Å²) in [5.74, 6) is 0.592. The van der Waals surface area contributed by atoms with Crippen LogP contribution in [0.1, 0.15) is 5.56 Å². The van der Waals surface area contributed by atoms with Crippen LogP contribution in [0.25, 0.3) is 0 Å². The minimum absolute atomic E-state index is 0. The number of rotatable bonds is 6. The fourth-order valence-corrected chi connectivity index (χ4v) is 2.07. The number of benzene rings is 1. The standard InChI is InChI=1S/C11H12N2O4S3.K/c14-10(12-5-6-20-11(18)19)17-7-8-1-3-9(4-2-8)13(15)16;/h1-4H,5-7H2,(H,12,14)(H,18,19);/q;+1/p-1. The first-order valence-electron chi connectivity index (χ1n) is 5.47. The van der Waals surface area contributed by atoms with Crippen molar-refractivity contribution in [1.29, 1.82) is 0 Å². The SMILES string of the molecule is O=C(NCCSC(=S)[S-])OCc1ccc([N+](=O)[O-])cc1.[K+]. The maximum atomic E-state index is 11.3. The average molecular weight is 371 g/mol. The molecule has 1 N–H and O–H groups in total. The van der Waals surface area contributed by atoms with Gasteiger partial charge in [0.05, 0.1) is 4.92 Å². The zero-order chi connectivity index (χ0) is 15.0. The van der Waals surface area contributed by atoms with Gasteiger partial charge in [-0.1, -0.05) is 3.53 Å². The van der Waals surface area contributed by atoms with Crippen molar-refractivity contribution in [3.05, 3.63) is 39.9 Å². The number of hydrogen-bond donors (Lipinski definition) is 1. The molecule has 1 rings (SSSR count). The molecule has 0 bridgehead atoms. The summed E-state index contributed by atoms with van der Waals surface area (Å²) in [5.41, 5.74) is 0.668. The Bertz CT molecular complexity index is 499. The molecule has 1 aromatic carbocycles. The first kappa shape index (κ1) is 21.2. The van der Waals surface area contributed by atoms with E-state index in [4.69, 9.17) is 29.6 Å². The van der Waals surface area contributed by atoms with Gasteiger partial charge in [0.2, 0.25) is 0 Å². The van der Waals surface area contributed by atoms with Crippen LogP contribution in [0.4, 0.5) is 10.5 Å². The molecule has 0 aliphatic carbocycles. The van der Waals surface area contributed by atoms with Crippen molar-refractivity contribution in [3.8, 4) is 0 Å². The predicted molar refractivity (Wildman–Crippen MR) is 83.7 cm³/mol. The van der Waals surface area contributed by atoms with Crippen LogP contribution in [0.3, 0.4) is 0 Å². The fraction of sp³-hybridized carbons (Fsp3) is 0.273. The van der Waals surface area contributed by atoms with Crippen LogP contribution in [0.15, 0.2) is 24.3 Å². The van der Waals surface area contributed by atoms with E-state index in [1.165, 1.54) is 36.0 Å². The number of nitro groups is 1. The molecule has 0 radical (unpaired) electrons. The zero-order valence-corrected chi connectivity index (χ0v) is 16.8. The normalized spacial score (nSPS) is 9.33. The molecule has 1 aromatic rings. The van der Waals surface area contributed by atoms with Gasteiger partial charge in [0.15, 0.2) is 0 Å². The minimum Gasteiger partial charge on any atom is -0.445 e. The van der Waals surface area contributed by atoms with Gasteiger partial charge in [-0.2, -0.15) is 0 Å². The van der Waals surface area contributed by atoms with Gasteiger partial charge in [-0.3, -0.25) is 10.1 Å². The fourth-order valence-electron chi connectivity index (χ4n) is 1.20. The Labute approximate surface area is 179 Å². The Kier molecular flexibility index (Phi) is 11.8. The molecular formula is C11H11KN2O4S3. The van der Waals surface area contributed by atoms with Crippen molar-refractivity contribution in [2.24, 2.45) is 0 Å². The molecule has 6 nitrogen and oxygen atoms in total. The van der Waals surface area contributed by atoms with Crippen molar-refractivity contribution in [3.63, 3.8) is 0 Å². The Morgan fingerprint density at radius 2 is 2.05 bits per heavy atom. The van der Waals surface area contributed by atoms with Crippen molar-refractivity contribution >= 4 is 51.9 Å². The van der Waals surface area contributed by atoms with Crippen LogP contribution in [0.2, 0.25) is 0 Å². The quantitative estimate of drug-likeness (QED) is 0.179. The third kappa shape index (κ3) is 9.74. The molecule has 0 atom stereocenters. The van der Waals surface area contributed by atoms with Gasteiger partial charge in [0.25, 0.3) is 5.69 Å². The number of thioether (sulfide) groups is 1. The molecule has 108 valence electrons. The summed E-state index contributed by atoms with van der Waals surface area (Å²) in [6, 6.07) is 5.79. The number of alkyl carbamates (subject to hydrolysis) is 1. The molecule has 0 unspecified atom stereocenters.